The minimum absolute atomic E-state index is 0.0451. The molecule has 6 heteroatoms. The Morgan fingerprint density at radius 1 is 1.39 bits per heavy atom. The molecule has 0 atom stereocenters. The van der Waals surface area contributed by atoms with Crippen molar-refractivity contribution in [2.75, 3.05) is 5.73 Å². The fourth-order valence-corrected chi connectivity index (χ4v) is 3.90. The van der Waals surface area contributed by atoms with Gasteiger partial charge in [0.2, 0.25) is 10.0 Å². The molecule has 1 aliphatic rings. The van der Waals surface area contributed by atoms with E-state index in [0.29, 0.717) is 10.9 Å². The Morgan fingerprint density at radius 3 is 2.56 bits per heavy atom. The molecule has 2 rings (SSSR count). The molecule has 0 unspecified atom stereocenters. The molecule has 100 valence electrons. The third-order valence-electron chi connectivity index (χ3n) is 3.26. The van der Waals surface area contributed by atoms with Crippen molar-refractivity contribution >= 4 is 27.3 Å². The van der Waals surface area contributed by atoms with Crippen LogP contribution in [0.4, 0.5) is 5.69 Å². The summed E-state index contributed by atoms with van der Waals surface area (Å²) in [6.45, 7) is 3.78. The molecule has 1 aromatic rings. The summed E-state index contributed by atoms with van der Waals surface area (Å²) >= 11 is 5.82. The van der Waals surface area contributed by atoms with E-state index in [1.165, 1.54) is 12.1 Å². The smallest absolute Gasteiger partial charge is 0.243 e. The van der Waals surface area contributed by atoms with E-state index in [1.807, 2.05) is 13.8 Å². The van der Waals surface area contributed by atoms with Gasteiger partial charge in [-0.2, -0.15) is 0 Å². The Kier molecular flexibility index (Phi) is 3.34. The van der Waals surface area contributed by atoms with Crippen LogP contribution in [0.1, 0.15) is 26.7 Å². The van der Waals surface area contributed by atoms with Crippen molar-refractivity contribution in [2.24, 2.45) is 5.92 Å². The highest BCUT2D eigenvalue weighted by Crippen LogP contribution is 2.40. The van der Waals surface area contributed by atoms with Gasteiger partial charge in [-0.3, -0.25) is 0 Å². The van der Waals surface area contributed by atoms with Gasteiger partial charge in [0.05, 0.1) is 5.69 Å². The first-order valence-corrected chi connectivity index (χ1v) is 7.67. The first kappa shape index (κ1) is 13.6. The SMILES string of the molecule is CC(C)(NS(=O)(=O)c1cc(Cl)ccc1N)C1CC1. The first-order chi connectivity index (χ1) is 8.22. The first-order valence-electron chi connectivity index (χ1n) is 5.81. The number of hydrogen-bond acceptors (Lipinski definition) is 3. The number of rotatable bonds is 4. The quantitative estimate of drug-likeness (QED) is 0.836. The van der Waals surface area contributed by atoms with E-state index in [4.69, 9.17) is 17.3 Å². The summed E-state index contributed by atoms with van der Waals surface area (Å²) in [6, 6.07) is 4.45. The predicted octanol–water partition coefficient (Wildman–Crippen LogP) is 2.39. The van der Waals surface area contributed by atoms with Crippen molar-refractivity contribution in [3.63, 3.8) is 0 Å². The van der Waals surface area contributed by atoms with Crippen LogP contribution < -0.4 is 10.5 Å². The van der Waals surface area contributed by atoms with Crippen LogP contribution in [-0.4, -0.2) is 14.0 Å². The summed E-state index contributed by atoms with van der Waals surface area (Å²) in [7, 11) is -3.64. The number of halogens is 1. The normalized spacial score (nSPS) is 16.8. The maximum Gasteiger partial charge on any atom is 0.243 e. The van der Waals surface area contributed by atoms with Crippen molar-refractivity contribution in [1.82, 2.24) is 4.72 Å². The molecule has 0 saturated heterocycles. The Morgan fingerprint density at radius 2 is 2.00 bits per heavy atom. The molecule has 4 nitrogen and oxygen atoms in total. The highest BCUT2D eigenvalue weighted by atomic mass is 35.5. The van der Waals surface area contributed by atoms with Gasteiger partial charge in [0.25, 0.3) is 0 Å². The lowest BCUT2D eigenvalue weighted by Crippen LogP contribution is -2.45. The van der Waals surface area contributed by atoms with Crippen LogP contribution in [0.5, 0.6) is 0 Å². The van der Waals surface area contributed by atoms with Crippen LogP contribution in [0, 0.1) is 5.92 Å². The largest absolute Gasteiger partial charge is 0.398 e. The van der Waals surface area contributed by atoms with Crippen molar-refractivity contribution in [2.45, 2.75) is 37.1 Å². The van der Waals surface area contributed by atoms with Gasteiger partial charge in [-0.05, 0) is 50.8 Å². The zero-order valence-electron chi connectivity index (χ0n) is 10.4. The van der Waals surface area contributed by atoms with Crippen LogP contribution in [0.2, 0.25) is 5.02 Å². The molecule has 0 bridgehead atoms. The topological polar surface area (TPSA) is 72.2 Å². The fourth-order valence-electron chi connectivity index (χ4n) is 2.03. The predicted molar refractivity (Wildman–Crippen MR) is 73.0 cm³/mol. The maximum atomic E-state index is 12.3. The summed E-state index contributed by atoms with van der Waals surface area (Å²) in [5, 5.41) is 0.355. The molecule has 0 radical (unpaired) electrons. The number of benzene rings is 1. The molecule has 1 aromatic carbocycles. The Labute approximate surface area is 113 Å². The Bertz CT molecular complexity index is 565. The number of hydrogen-bond donors (Lipinski definition) is 2. The van der Waals surface area contributed by atoms with Crippen LogP contribution >= 0.6 is 11.6 Å². The highest BCUT2D eigenvalue weighted by molar-refractivity contribution is 7.89. The minimum atomic E-state index is -3.64. The van der Waals surface area contributed by atoms with Gasteiger partial charge in [-0.25, -0.2) is 13.1 Å². The molecule has 1 aliphatic carbocycles. The second kappa shape index (κ2) is 4.40. The van der Waals surface area contributed by atoms with Gasteiger partial charge < -0.3 is 5.73 Å². The van der Waals surface area contributed by atoms with Gasteiger partial charge in [-0.1, -0.05) is 11.6 Å². The van der Waals surface area contributed by atoms with E-state index in [0.717, 1.165) is 12.8 Å². The number of nitrogen functional groups attached to an aromatic ring is 1. The number of nitrogens with two attached hydrogens (primary N) is 1. The van der Waals surface area contributed by atoms with Crippen molar-refractivity contribution < 1.29 is 8.42 Å². The molecule has 3 N–H and O–H groups in total. The molecule has 0 spiro atoms. The zero-order chi connectivity index (χ0) is 13.6. The lowest BCUT2D eigenvalue weighted by molar-refractivity contribution is 0.400. The van der Waals surface area contributed by atoms with Crippen molar-refractivity contribution in [3.05, 3.63) is 23.2 Å². The molecular formula is C12H17ClN2O2S. The van der Waals surface area contributed by atoms with E-state index in [9.17, 15) is 8.42 Å². The van der Waals surface area contributed by atoms with Crippen molar-refractivity contribution in [3.8, 4) is 0 Å². The summed E-state index contributed by atoms with van der Waals surface area (Å²) in [4.78, 5) is 0.0451. The van der Waals surface area contributed by atoms with E-state index in [1.54, 1.807) is 6.07 Å². The lowest BCUT2D eigenvalue weighted by atomic mass is 10.0. The van der Waals surface area contributed by atoms with Crippen LogP contribution in [0.25, 0.3) is 0 Å². The average Bonchev–Trinajstić information content (AvgIpc) is 3.03. The van der Waals surface area contributed by atoms with Crippen LogP contribution in [-0.2, 0) is 10.0 Å². The molecule has 0 aliphatic heterocycles. The minimum Gasteiger partial charge on any atom is -0.398 e. The molecule has 0 aromatic heterocycles. The van der Waals surface area contributed by atoms with E-state index < -0.39 is 15.6 Å². The standard InChI is InChI=1S/C12H17ClN2O2S/c1-12(2,8-3-4-8)15-18(16,17)11-7-9(13)5-6-10(11)14/h5-8,15H,3-4,14H2,1-2H3. The number of anilines is 1. The third kappa shape index (κ3) is 2.79. The van der Waals surface area contributed by atoms with Gasteiger partial charge in [0.15, 0.2) is 0 Å². The van der Waals surface area contributed by atoms with E-state index >= 15 is 0 Å². The third-order valence-corrected chi connectivity index (χ3v) is 5.22. The average molecular weight is 289 g/mol. The molecular weight excluding hydrogens is 272 g/mol. The summed E-state index contributed by atoms with van der Waals surface area (Å²) < 4.78 is 27.3. The van der Waals surface area contributed by atoms with E-state index in [-0.39, 0.29) is 10.6 Å². The zero-order valence-corrected chi connectivity index (χ0v) is 12.0. The second-order valence-electron chi connectivity index (χ2n) is 5.28. The molecule has 0 amide bonds. The molecule has 18 heavy (non-hydrogen) atoms. The monoisotopic (exact) mass is 288 g/mol. The van der Waals surface area contributed by atoms with Crippen LogP contribution in [0.15, 0.2) is 23.1 Å². The fraction of sp³-hybridized carbons (Fsp3) is 0.500. The summed E-state index contributed by atoms with van der Waals surface area (Å²) in [5.74, 6) is 0.396. The molecule has 1 fully saturated rings. The summed E-state index contributed by atoms with van der Waals surface area (Å²) in [5.41, 5.74) is 5.46. The van der Waals surface area contributed by atoms with Crippen molar-refractivity contribution in [1.29, 1.82) is 0 Å². The Hall–Kier alpha value is -0.780. The Balaban J connectivity index is 2.33. The number of sulfonamides is 1. The molecule has 0 heterocycles. The second-order valence-corrected chi connectivity index (χ2v) is 7.37. The van der Waals surface area contributed by atoms with Gasteiger partial charge in [-0.15, -0.1) is 0 Å². The summed E-state index contributed by atoms with van der Waals surface area (Å²) in [6.07, 6.45) is 2.11. The molecule has 1 saturated carbocycles. The lowest BCUT2D eigenvalue weighted by Gasteiger charge is -2.26. The maximum absolute atomic E-state index is 12.3. The number of nitrogens with one attached hydrogen (secondary N) is 1. The van der Waals surface area contributed by atoms with Crippen LogP contribution in [0.3, 0.4) is 0 Å². The van der Waals surface area contributed by atoms with E-state index in [2.05, 4.69) is 4.72 Å². The van der Waals surface area contributed by atoms with Gasteiger partial charge in [0, 0.05) is 10.6 Å². The van der Waals surface area contributed by atoms with Gasteiger partial charge >= 0.3 is 0 Å². The van der Waals surface area contributed by atoms with Gasteiger partial charge in [0.1, 0.15) is 4.90 Å². The highest BCUT2D eigenvalue weighted by Gasteiger charge is 2.40.